The van der Waals surface area contributed by atoms with Crippen LogP contribution < -0.4 is 5.56 Å². The molecule has 116 valence electrons. The zero-order valence-electron chi connectivity index (χ0n) is 13.4. The molecule has 1 aliphatic rings. The molecule has 0 radical (unpaired) electrons. The van der Waals surface area contributed by atoms with Gasteiger partial charge in [0.25, 0.3) is 5.56 Å². The van der Waals surface area contributed by atoms with Gasteiger partial charge in [-0.25, -0.2) is 0 Å². The van der Waals surface area contributed by atoms with Gasteiger partial charge < -0.3 is 4.57 Å². The molecule has 0 saturated heterocycles. The SMILES string of the molecule is CCCCCn1c2c(cc(C(C)=O)c1=O)CN(CC)CC2. The van der Waals surface area contributed by atoms with E-state index in [4.69, 9.17) is 0 Å². The summed E-state index contributed by atoms with van der Waals surface area (Å²) in [6.45, 7) is 9.37. The Balaban J connectivity index is 2.43. The third-order valence-corrected chi connectivity index (χ3v) is 4.36. The summed E-state index contributed by atoms with van der Waals surface area (Å²) in [5.41, 5.74) is 2.56. The molecule has 1 aromatic rings. The van der Waals surface area contributed by atoms with E-state index < -0.39 is 0 Å². The fraction of sp³-hybridized carbons (Fsp3) is 0.647. The second-order valence-corrected chi connectivity index (χ2v) is 5.87. The predicted molar refractivity (Wildman–Crippen MR) is 84.9 cm³/mol. The summed E-state index contributed by atoms with van der Waals surface area (Å²) < 4.78 is 1.87. The van der Waals surface area contributed by atoms with Crippen LogP contribution in [0.2, 0.25) is 0 Å². The smallest absolute Gasteiger partial charge is 0.261 e. The summed E-state index contributed by atoms with van der Waals surface area (Å²) in [6.07, 6.45) is 4.16. The van der Waals surface area contributed by atoms with Crippen LogP contribution in [-0.4, -0.2) is 28.3 Å². The normalized spacial score (nSPS) is 15.0. The first-order valence-electron chi connectivity index (χ1n) is 8.07. The maximum absolute atomic E-state index is 12.6. The standard InChI is InChI=1S/C17H26N2O2/c1-4-6-7-9-19-16-8-10-18(5-2)12-14(16)11-15(13(3)20)17(19)21/h11H,4-10,12H2,1-3H3. The fourth-order valence-electron chi connectivity index (χ4n) is 3.06. The van der Waals surface area contributed by atoms with E-state index in [1.165, 1.54) is 6.92 Å². The molecule has 0 spiro atoms. The third-order valence-electron chi connectivity index (χ3n) is 4.36. The average Bonchev–Trinajstić information content (AvgIpc) is 2.48. The van der Waals surface area contributed by atoms with E-state index >= 15 is 0 Å². The number of unbranched alkanes of at least 4 members (excludes halogenated alkanes) is 2. The summed E-state index contributed by atoms with van der Waals surface area (Å²) in [5, 5.41) is 0. The molecule has 1 aliphatic heterocycles. The summed E-state index contributed by atoms with van der Waals surface area (Å²) in [4.78, 5) is 26.7. The number of carbonyl (C=O) groups excluding carboxylic acids is 1. The first kappa shape index (κ1) is 16.0. The van der Waals surface area contributed by atoms with Crippen molar-refractivity contribution in [2.75, 3.05) is 13.1 Å². The van der Waals surface area contributed by atoms with Crippen LogP contribution in [0.1, 0.15) is 61.6 Å². The van der Waals surface area contributed by atoms with Gasteiger partial charge in [-0.3, -0.25) is 14.5 Å². The van der Waals surface area contributed by atoms with Crippen LogP contribution in [0.4, 0.5) is 0 Å². The maximum Gasteiger partial charge on any atom is 0.261 e. The molecule has 4 heteroatoms. The first-order valence-corrected chi connectivity index (χ1v) is 8.07. The molecule has 4 nitrogen and oxygen atoms in total. The van der Waals surface area contributed by atoms with Crippen molar-refractivity contribution >= 4 is 5.78 Å². The zero-order valence-corrected chi connectivity index (χ0v) is 13.4. The molecule has 0 fully saturated rings. The minimum atomic E-state index is -0.124. The van der Waals surface area contributed by atoms with Gasteiger partial charge in [0.15, 0.2) is 5.78 Å². The molecule has 0 saturated carbocycles. The Labute approximate surface area is 126 Å². The van der Waals surface area contributed by atoms with E-state index in [1.54, 1.807) is 0 Å². The highest BCUT2D eigenvalue weighted by Gasteiger charge is 2.22. The van der Waals surface area contributed by atoms with E-state index in [1.807, 2.05) is 10.6 Å². The molecule has 0 N–H and O–H groups in total. The van der Waals surface area contributed by atoms with Crippen molar-refractivity contribution in [2.45, 2.75) is 59.5 Å². The highest BCUT2D eigenvalue weighted by molar-refractivity contribution is 5.93. The monoisotopic (exact) mass is 290 g/mol. The number of pyridine rings is 1. The molecule has 0 unspecified atom stereocenters. The Morgan fingerprint density at radius 2 is 2.05 bits per heavy atom. The largest absolute Gasteiger partial charge is 0.312 e. The van der Waals surface area contributed by atoms with Crippen molar-refractivity contribution in [2.24, 2.45) is 0 Å². The van der Waals surface area contributed by atoms with Crippen molar-refractivity contribution in [3.8, 4) is 0 Å². The van der Waals surface area contributed by atoms with Crippen LogP contribution in [0.15, 0.2) is 10.9 Å². The lowest BCUT2D eigenvalue weighted by molar-refractivity contribution is 0.101. The van der Waals surface area contributed by atoms with Crippen molar-refractivity contribution in [1.82, 2.24) is 9.47 Å². The molecule has 21 heavy (non-hydrogen) atoms. The summed E-state index contributed by atoms with van der Waals surface area (Å²) in [6, 6.07) is 1.83. The summed E-state index contributed by atoms with van der Waals surface area (Å²) in [7, 11) is 0. The number of rotatable bonds is 6. The van der Waals surface area contributed by atoms with Gasteiger partial charge in [-0.05, 0) is 31.5 Å². The Kier molecular flexibility index (Phi) is 5.34. The number of likely N-dealkylation sites (N-methyl/N-ethyl adjacent to an activating group) is 1. The number of fused-ring (bicyclic) bond motifs is 1. The van der Waals surface area contributed by atoms with Gasteiger partial charge in [-0.2, -0.15) is 0 Å². The summed E-state index contributed by atoms with van der Waals surface area (Å²) in [5.74, 6) is -0.124. The molecule has 0 amide bonds. The lowest BCUT2D eigenvalue weighted by Gasteiger charge is -2.30. The van der Waals surface area contributed by atoms with Crippen LogP contribution in [0.5, 0.6) is 0 Å². The lowest BCUT2D eigenvalue weighted by Crippen LogP contribution is -2.37. The van der Waals surface area contributed by atoms with Gasteiger partial charge >= 0.3 is 0 Å². The Morgan fingerprint density at radius 1 is 1.29 bits per heavy atom. The number of hydrogen-bond donors (Lipinski definition) is 0. The number of ketones is 1. The molecule has 2 heterocycles. The third kappa shape index (κ3) is 3.43. The minimum Gasteiger partial charge on any atom is -0.312 e. The zero-order chi connectivity index (χ0) is 15.4. The van der Waals surface area contributed by atoms with Crippen molar-refractivity contribution in [3.05, 3.63) is 33.2 Å². The van der Waals surface area contributed by atoms with Gasteiger partial charge in [0.2, 0.25) is 0 Å². The first-order chi connectivity index (χ1) is 10.1. The maximum atomic E-state index is 12.6. The molecule has 0 aromatic carbocycles. The van der Waals surface area contributed by atoms with Gasteiger partial charge in [0.05, 0.1) is 5.56 Å². The molecule has 2 rings (SSSR count). The second kappa shape index (κ2) is 7.03. The Bertz CT molecular complexity index is 575. The topological polar surface area (TPSA) is 42.3 Å². The quantitative estimate of drug-likeness (QED) is 0.597. The Morgan fingerprint density at radius 3 is 2.67 bits per heavy atom. The molecular weight excluding hydrogens is 264 g/mol. The van der Waals surface area contributed by atoms with Gasteiger partial charge in [0, 0.05) is 31.7 Å². The highest BCUT2D eigenvalue weighted by Crippen LogP contribution is 2.19. The van der Waals surface area contributed by atoms with Crippen LogP contribution in [0.3, 0.4) is 0 Å². The van der Waals surface area contributed by atoms with Crippen LogP contribution in [0, 0.1) is 0 Å². The Hall–Kier alpha value is -1.42. The second-order valence-electron chi connectivity index (χ2n) is 5.87. The molecule has 1 aromatic heterocycles. The number of Topliss-reactive ketones (excluding diaryl/α,β-unsaturated/α-hetero) is 1. The fourth-order valence-corrected chi connectivity index (χ4v) is 3.06. The van der Waals surface area contributed by atoms with Crippen LogP contribution in [0.25, 0.3) is 0 Å². The lowest BCUT2D eigenvalue weighted by atomic mass is 10.0. The minimum absolute atomic E-state index is 0.0951. The van der Waals surface area contributed by atoms with Gasteiger partial charge in [-0.15, -0.1) is 0 Å². The highest BCUT2D eigenvalue weighted by atomic mass is 16.1. The number of carbonyl (C=O) groups is 1. The van der Waals surface area contributed by atoms with Gasteiger partial charge in [-0.1, -0.05) is 26.7 Å². The number of aromatic nitrogens is 1. The van der Waals surface area contributed by atoms with Crippen LogP contribution >= 0.6 is 0 Å². The van der Waals surface area contributed by atoms with E-state index in [0.29, 0.717) is 5.56 Å². The van der Waals surface area contributed by atoms with Crippen molar-refractivity contribution < 1.29 is 4.79 Å². The van der Waals surface area contributed by atoms with E-state index in [0.717, 1.165) is 63.1 Å². The van der Waals surface area contributed by atoms with Crippen molar-refractivity contribution in [1.29, 1.82) is 0 Å². The van der Waals surface area contributed by atoms with Crippen molar-refractivity contribution in [3.63, 3.8) is 0 Å². The number of nitrogens with zero attached hydrogens (tertiary/aromatic N) is 2. The molecular formula is C17H26N2O2. The number of hydrogen-bond acceptors (Lipinski definition) is 3. The predicted octanol–water partition coefficient (Wildman–Crippen LogP) is 2.62. The molecule has 0 bridgehead atoms. The van der Waals surface area contributed by atoms with E-state index in [-0.39, 0.29) is 11.3 Å². The van der Waals surface area contributed by atoms with E-state index in [9.17, 15) is 9.59 Å². The average molecular weight is 290 g/mol. The van der Waals surface area contributed by atoms with Crippen LogP contribution in [-0.2, 0) is 19.5 Å². The summed E-state index contributed by atoms with van der Waals surface area (Å²) >= 11 is 0. The molecule has 0 aliphatic carbocycles. The van der Waals surface area contributed by atoms with Gasteiger partial charge in [0.1, 0.15) is 0 Å². The van der Waals surface area contributed by atoms with E-state index in [2.05, 4.69) is 18.7 Å². The molecule has 0 atom stereocenters.